The van der Waals surface area contributed by atoms with Crippen molar-refractivity contribution in [1.82, 2.24) is 20.5 Å². The van der Waals surface area contributed by atoms with E-state index in [9.17, 15) is 14.4 Å². The van der Waals surface area contributed by atoms with E-state index in [0.717, 1.165) is 48.4 Å². The number of aromatic nitrogens is 1. The first-order chi connectivity index (χ1) is 17.0. The number of imide groups is 1. The van der Waals surface area contributed by atoms with Crippen molar-refractivity contribution in [3.63, 3.8) is 0 Å². The minimum atomic E-state index is -0.615. The Labute approximate surface area is 204 Å². The zero-order valence-corrected chi connectivity index (χ0v) is 19.8. The van der Waals surface area contributed by atoms with Gasteiger partial charge in [-0.1, -0.05) is 6.42 Å². The zero-order chi connectivity index (χ0) is 24.4. The summed E-state index contributed by atoms with van der Waals surface area (Å²) < 4.78 is 11.6. The smallest absolute Gasteiger partial charge is 0.255 e. The summed E-state index contributed by atoms with van der Waals surface area (Å²) in [5.74, 6) is 0.595. The summed E-state index contributed by atoms with van der Waals surface area (Å²) in [5.41, 5.74) is 2.38. The van der Waals surface area contributed by atoms with Gasteiger partial charge >= 0.3 is 0 Å². The number of nitrogens with zero attached hydrogens (tertiary/aromatic N) is 2. The number of methoxy groups -OCH3 is 1. The van der Waals surface area contributed by atoms with Crippen molar-refractivity contribution >= 4 is 17.7 Å². The van der Waals surface area contributed by atoms with E-state index in [1.807, 2.05) is 24.3 Å². The molecule has 1 aromatic heterocycles. The molecule has 3 aliphatic rings. The largest absolute Gasteiger partial charge is 0.495 e. The summed E-state index contributed by atoms with van der Waals surface area (Å²) in [4.78, 5) is 42.7. The van der Waals surface area contributed by atoms with Crippen molar-refractivity contribution in [1.29, 1.82) is 0 Å². The highest BCUT2D eigenvalue weighted by Crippen LogP contribution is 2.32. The minimum Gasteiger partial charge on any atom is -0.495 e. The fraction of sp³-hybridized carbons (Fsp3) is 0.462. The fourth-order valence-electron chi connectivity index (χ4n) is 5.14. The normalized spacial score (nSPS) is 24.2. The molecule has 0 spiro atoms. The zero-order valence-electron chi connectivity index (χ0n) is 19.8. The molecule has 35 heavy (non-hydrogen) atoms. The van der Waals surface area contributed by atoms with Crippen LogP contribution in [0.5, 0.6) is 11.5 Å². The molecule has 0 bridgehead atoms. The van der Waals surface area contributed by atoms with Gasteiger partial charge in [-0.2, -0.15) is 0 Å². The molecule has 2 aliphatic heterocycles. The summed E-state index contributed by atoms with van der Waals surface area (Å²) in [6.45, 7) is 0.987. The number of nitrogens with one attached hydrogen (secondary N) is 2. The molecular weight excluding hydrogens is 448 g/mol. The maximum absolute atomic E-state index is 12.9. The molecule has 9 heteroatoms. The van der Waals surface area contributed by atoms with E-state index in [1.165, 1.54) is 0 Å². The van der Waals surface area contributed by atoms with E-state index in [2.05, 4.69) is 15.6 Å². The molecule has 9 nitrogen and oxygen atoms in total. The van der Waals surface area contributed by atoms with Gasteiger partial charge in [-0.25, -0.2) is 0 Å². The summed E-state index contributed by atoms with van der Waals surface area (Å²) >= 11 is 0. The lowest BCUT2D eigenvalue weighted by molar-refractivity contribution is -0.136. The number of amides is 3. The maximum Gasteiger partial charge on any atom is 0.255 e. The van der Waals surface area contributed by atoms with Crippen LogP contribution in [0.1, 0.15) is 60.1 Å². The van der Waals surface area contributed by atoms with Crippen molar-refractivity contribution < 1.29 is 23.9 Å². The number of carbonyl (C=O) groups excluding carboxylic acids is 3. The quantitative estimate of drug-likeness (QED) is 0.588. The molecular formula is C26H30N4O5. The molecule has 3 atom stereocenters. The van der Waals surface area contributed by atoms with E-state index in [1.54, 1.807) is 24.3 Å². The molecule has 2 fully saturated rings. The number of ether oxygens (including phenoxy) is 2. The number of pyridine rings is 1. The molecule has 3 amide bonds. The van der Waals surface area contributed by atoms with E-state index >= 15 is 0 Å². The molecule has 2 aromatic rings. The van der Waals surface area contributed by atoms with Gasteiger partial charge in [-0.05, 0) is 61.6 Å². The van der Waals surface area contributed by atoms with Crippen LogP contribution in [-0.4, -0.2) is 52.9 Å². The van der Waals surface area contributed by atoms with E-state index in [-0.39, 0.29) is 30.4 Å². The molecule has 1 aliphatic carbocycles. The summed E-state index contributed by atoms with van der Waals surface area (Å²) in [7, 11) is 1.63. The predicted octanol–water partition coefficient (Wildman–Crippen LogP) is 2.33. The van der Waals surface area contributed by atoms with Crippen LogP contribution in [0.15, 0.2) is 36.5 Å². The van der Waals surface area contributed by atoms with Crippen LogP contribution in [0.4, 0.5) is 0 Å². The number of rotatable bonds is 7. The minimum absolute atomic E-state index is 0.0170. The highest BCUT2D eigenvalue weighted by Gasteiger charge is 2.39. The standard InChI is InChI=1S/C26H30N4O5/c1-34-19-7-6-17(27-14-19)13-28-21-4-2-3-5-23(21)35-18-8-9-20-16(12-18)15-30(26(20)33)22-10-11-24(31)29-25(22)32/h6-9,12,14,21-23,28H,2-5,10-11,13,15H2,1H3,(H,29,31,32)/t21-,22?,23+/m0/s1. The first kappa shape index (κ1) is 23.3. The average molecular weight is 479 g/mol. The fourth-order valence-corrected chi connectivity index (χ4v) is 5.14. The van der Waals surface area contributed by atoms with Crippen molar-refractivity contribution in [3.05, 3.63) is 53.3 Å². The van der Waals surface area contributed by atoms with Gasteiger partial charge in [-0.3, -0.25) is 24.7 Å². The van der Waals surface area contributed by atoms with E-state index < -0.39 is 11.9 Å². The monoisotopic (exact) mass is 478 g/mol. The third-order valence-corrected chi connectivity index (χ3v) is 7.06. The van der Waals surface area contributed by atoms with Gasteiger partial charge in [0.2, 0.25) is 11.8 Å². The van der Waals surface area contributed by atoms with Gasteiger partial charge in [0, 0.05) is 31.1 Å². The van der Waals surface area contributed by atoms with Crippen molar-refractivity contribution in [2.75, 3.05) is 7.11 Å². The Hall–Kier alpha value is -3.46. The lowest BCUT2D eigenvalue weighted by Crippen LogP contribution is -2.52. The number of carbonyl (C=O) groups is 3. The van der Waals surface area contributed by atoms with Crippen molar-refractivity contribution in [2.45, 2.75) is 69.8 Å². The highest BCUT2D eigenvalue weighted by molar-refractivity contribution is 6.05. The van der Waals surface area contributed by atoms with Crippen molar-refractivity contribution in [3.8, 4) is 11.5 Å². The molecule has 2 N–H and O–H groups in total. The number of hydrogen-bond donors (Lipinski definition) is 2. The Balaban J connectivity index is 1.23. The highest BCUT2D eigenvalue weighted by atomic mass is 16.5. The van der Waals surface area contributed by atoms with E-state index in [4.69, 9.17) is 9.47 Å². The van der Waals surface area contributed by atoms with Gasteiger partial charge in [0.1, 0.15) is 23.6 Å². The first-order valence-electron chi connectivity index (χ1n) is 12.2. The summed E-state index contributed by atoms with van der Waals surface area (Å²) in [5, 5.41) is 5.94. The summed E-state index contributed by atoms with van der Waals surface area (Å²) in [6.07, 6.45) is 6.56. The lowest BCUT2D eigenvalue weighted by atomic mass is 9.92. The number of piperidine rings is 1. The van der Waals surface area contributed by atoms with Gasteiger partial charge in [0.25, 0.3) is 5.91 Å². The Morgan fingerprint density at radius 2 is 1.91 bits per heavy atom. The van der Waals surface area contributed by atoms with Gasteiger partial charge in [-0.15, -0.1) is 0 Å². The lowest BCUT2D eigenvalue weighted by Gasteiger charge is -2.32. The van der Waals surface area contributed by atoms with Crippen LogP contribution in [0.2, 0.25) is 0 Å². The third kappa shape index (κ3) is 5.00. The van der Waals surface area contributed by atoms with Crippen LogP contribution < -0.4 is 20.1 Å². The van der Waals surface area contributed by atoms with E-state index in [0.29, 0.717) is 25.1 Å². The predicted molar refractivity (Wildman–Crippen MR) is 127 cm³/mol. The third-order valence-electron chi connectivity index (χ3n) is 7.06. The number of hydrogen-bond acceptors (Lipinski definition) is 7. The Morgan fingerprint density at radius 3 is 2.69 bits per heavy atom. The molecule has 1 saturated heterocycles. The number of benzene rings is 1. The van der Waals surface area contributed by atoms with Crippen LogP contribution in [0, 0.1) is 0 Å². The van der Waals surface area contributed by atoms with Gasteiger partial charge in [0.15, 0.2) is 0 Å². The Morgan fingerprint density at radius 1 is 1.09 bits per heavy atom. The molecule has 1 unspecified atom stereocenters. The second kappa shape index (κ2) is 10.0. The molecule has 1 saturated carbocycles. The first-order valence-corrected chi connectivity index (χ1v) is 12.2. The Bertz CT molecular complexity index is 1120. The van der Waals surface area contributed by atoms with Gasteiger partial charge < -0.3 is 19.7 Å². The molecule has 1 aromatic carbocycles. The average Bonchev–Trinajstić information content (AvgIpc) is 3.19. The van der Waals surface area contributed by atoms with Crippen LogP contribution in [0.25, 0.3) is 0 Å². The summed E-state index contributed by atoms with van der Waals surface area (Å²) in [6, 6.07) is 8.97. The molecule has 3 heterocycles. The van der Waals surface area contributed by atoms with Crippen LogP contribution in [-0.2, 0) is 22.7 Å². The molecule has 0 radical (unpaired) electrons. The van der Waals surface area contributed by atoms with Crippen LogP contribution >= 0.6 is 0 Å². The second-order valence-electron chi connectivity index (χ2n) is 9.34. The van der Waals surface area contributed by atoms with Crippen molar-refractivity contribution in [2.24, 2.45) is 0 Å². The SMILES string of the molecule is COc1ccc(CN[C@H]2CCCC[C@H]2Oc2ccc3c(c2)CN(C2CCC(=O)NC2=O)C3=O)nc1. The number of fused-ring (bicyclic) bond motifs is 1. The molecule has 5 rings (SSSR count). The topological polar surface area (TPSA) is 110 Å². The molecule has 184 valence electrons. The maximum atomic E-state index is 12.9. The van der Waals surface area contributed by atoms with Crippen LogP contribution in [0.3, 0.4) is 0 Å². The van der Waals surface area contributed by atoms with Gasteiger partial charge in [0.05, 0.1) is 19.0 Å². The second-order valence-corrected chi connectivity index (χ2v) is 9.34. The Kier molecular flexibility index (Phi) is 6.68.